The molecule has 0 saturated carbocycles. The Labute approximate surface area is 179 Å². The van der Waals surface area contributed by atoms with Gasteiger partial charge in [-0.15, -0.1) is 0 Å². The van der Waals surface area contributed by atoms with Crippen molar-refractivity contribution >= 4 is 46.6 Å². The molecule has 0 N–H and O–H groups in total. The van der Waals surface area contributed by atoms with Crippen LogP contribution in [0.15, 0.2) is 36.5 Å². The Bertz CT molecular complexity index is 836. The number of rotatable bonds is 4. The number of anilines is 1. The summed E-state index contributed by atoms with van der Waals surface area (Å²) in [6, 6.07) is 9.21. The average molecular weight is 438 g/mol. The Hall–Kier alpha value is -1.63. The Morgan fingerprint density at radius 3 is 2.64 bits per heavy atom. The van der Waals surface area contributed by atoms with E-state index in [2.05, 4.69) is 9.88 Å². The van der Waals surface area contributed by atoms with Crippen molar-refractivity contribution in [3.8, 4) is 5.88 Å². The maximum absolute atomic E-state index is 12.8. The molecular formula is C20H21Cl2N3O2S. The molecule has 2 aromatic rings. The SMILES string of the molecule is O=C(c1ccc(OC2CCSC2)nc1)N1CCN(c2cccc(Cl)c2Cl)CC1. The summed E-state index contributed by atoms with van der Waals surface area (Å²) in [5.74, 6) is 2.72. The molecule has 28 heavy (non-hydrogen) atoms. The lowest BCUT2D eigenvalue weighted by atomic mass is 10.2. The summed E-state index contributed by atoms with van der Waals surface area (Å²) in [7, 11) is 0. The molecule has 1 aromatic heterocycles. The van der Waals surface area contributed by atoms with Gasteiger partial charge in [0, 0.05) is 44.2 Å². The van der Waals surface area contributed by atoms with Gasteiger partial charge in [-0.25, -0.2) is 4.98 Å². The van der Waals surface area contributed by atoms with E-state index in [9.17, 15) is 4.79 Å². The second kappa shape index (κ2) is 8.80. The van der Waals surface area contributed by atoms with Gasteiger partial charge in [0.1, 0.15) is 6.10 Å². The fraction of sp³-hybridized carbons (Fsp3) is 0.400. The van der Waals surface area contributed by atoms with Crippen molar-refractivity contribution in [2.45, 2.75) is 12.5 Å². The molecule has 1 aromatic carbocycles. The molecule has 1 atom stereocenters. The standard InChI is InChI=1S/C20H21Cl2N3O2S/c21-16-2-1-3-17(19(16)22)24-7-9-25(10-8-24)20(26)14-4-5-18(23-12-14)27-15-6-11-28-13-15/h1-5,12,15H,6-11,13H2. The van der Waals surface area contributed by atoms with Crippen LogP contribution in [0.3, 0.4) is 0 Å². The van der Waals surface area contributed by atoms with E-state index in [4.69, 9.17) is 27.9 Å². The highest BCUT2D eigenvalue weighted by Gasteiger charge is 2.24. The predicted octanol–water partition coefficient (Wildman–Crippen LogP) is 4.24. The predicted molar refractivity (Wildman–Crippen MR) is 115 cm³/mol. The van der Waals surface area contributed by atoms with E-state index in [1.807, 2.05) is 28.8 Å². The van der Waals surface area contributed by atoms with Gasteiger partial charge in [0.2, 0.25) is 5.88 Å². The number of amides is 1. The van der Waals surface area contributed by atoms with E-state index in [1.54, 1.807) is 24.4 Å². The second-order valence-corrected chi connectivity index (χ2v) is 8.78. The number of pyridine rings is 1. The Kier molecular flexibility index (Phi) is 6.19. The van der Waals surface area contributed by atoms with Crippen molar-refractivity contribution in [1.29, 1.82) is 0 Å². The Morgan fingerprint density at radius 1 is 1.14 bits per heavy atom. The minimum atomic E-state index is -0.00712. The first-order valence-electron chi connectivity index (χ1n) is 9.30. The number of halogens is 2. The highest BCUT2D eigenvalue weighted by atomic mass is 35.5. The molecule has 148 valence electrons. The third-order valence-electron chi connectivity index (χ3n) is 5.00. The molecule has 3 heterocycles. The summed E-state index contributed by atoms with van der Waals surface area (Å²) in [6.45, 7) is 2.66. The van der Waals surface area contributed by atoms with Crippen LogP contribution in [0.25, 0.3) is 0 Å². The van der Waals surface area contributed by atoms with Gasteiger partial charge in [0.25, 0.3) is 5.91 Å². The number of hydrogen-bond acceptors (Lipinski definition) is 5. The third-order valence-corrected chi connectivity index (χ3v) is 6.94. The lowest BCUT2D eigenvalue weighted by Crippen LogP contribution is -2.48. The van der Waals surface area contributed by atoms with Crippen molar-refractivity contribution < 1.29 is 9.53 Å². The molecular weight excluding hydrogens is 417 g/mol. The van der Waals surface area contributed by atoms with Gasteiger partial charge in [-0.3, -0.25) is 4.79 Å². The zero-order chi connectivity index (χ0) is 19.5. The first-order chi connectivity index (χ1) is 13.6. The number of piperazine rings is 1. The quantitative estimate of drug-likeness (QED) is 0.715. The van der Waals surface area contributed by atoms with Crippen molar-refractivity contribution in [3.63, 3.8) is 0 Å². The van der Waals surface area contributed by atoms with Crippen LogP contribution < -0.4 is 9.64 Å². The summed E-state index contributed by atoms with van der Waals surface area (Å²) in [6.07, 6.45) is 2.89. The smallest absolute Gasteiger partial charge is 0.255 e. The summed E-state index contributed by atoms with van der Waals surface area (Å²) < 4.78 is 5.85. The van der Waals surface area contributed by atoms with E-state index >= 15 is 0 Å². The van der Waals surface area contributed by atoms with Crippen LogP contribution in [0.1, 0.15) is 16.8 Å². The van der Waals surface area contributed by atoms with Crippen molar-refractivity contribution in [1.82, 2.24) is 9.88 Å². The molecule has 1 amide bonds. The molecule has 0 bridgehead atoms. The largest absolute Gasteiger partial charge is 0.473 e. The van der Waals surface area contributed by atoms with E-state index in [0.29, 0.717) is 47.7 Å². The van der Waals surface area contributed by atoms with Crippen LogP contribution in [0.5, 0.6) is 5.88 Å². The molecule has 2 aliphatic rings. The molecule has 8 heteroatoms. The molecule has 4 rings (SSSR count). The monoisotopic (exact) mass is 437 g/mol. The van der Waals surface area contributed by atoms with Gasteiger partial charge >= 0.3 is 0 Å². The average Bonchev–Trinajstić information content (AvgIpc) is 3.23. The lowest BCUT2D eigenvalue weighted by molar-refractivity contribution is 0.0746. The van der Waals surface area contributed by atoms with Crippen LogP contribution in [-0.4, -0.2) is 59.6 Å². The number of hydrogen-bond donors (Lipinski definition) is 0. The van der Waals surface area contributed by atoms with E-state index in [0.717, 1.165) is 23.6 Å². The number of ether oxygens (including phenoxy) is 1. The minimum Gasteiger partial charge on any atom is -0.473 e. The maximum atomic E-state index is 12.8. The highest BCUT2D eigenvalue weighted by Crippen LogP contribution is 2.33. The third kappa shape index (κ3) is 4.34. The van der Waals surface area contributed by atoms with Crippen molar-refractivity contribution in [3.05, 3.63) is 52.1 Å². The van der Waals surface area contributed by atoms with E-state index < -0.39 is 0 Å². The molecule has 2 aliphatic heterocycles. The second-order valence-electron chi connectivity index (χ2n) is 6.84. The molecule has 5 nitrogen and oxygen atoms in total. The van der Waals surface area contributed by atoms with Gasteiger partial charge < -0.3 is 14.5 Å². The number of benzene rings is 1. The van der Waals surface area contributed by atoms with Crippen LogP contribution in [0, 0.1) is 0 Å². The van der Waals surface area contributed by atoms with Crippen LogP contribution in [0.2, 0.25) is 10.0 Å². The Morgan fingerprint density at radius 2 is 1.96 bits per heavy atom. The van der Waals surface area contributed by atoms with Gasteiger partial charge in [0.15, 0.2) is 0 Å². The van der Waals surface area contributed by atoms with Crippen LogP contribution in [0.4, 0.5) is 5.69 Å². The fourth-order valence-electron chi connectivity index (χ4n) is 3.42. The number of thioether (sulfide) groups is 1. The normalized spacial score (nSPS) is 19.7. The topological polar surface area (TPSA) is 45.7 Å². The van der Waals surface area contributed by atoms with Gasteiger partial charge in [-0.05, 0) is 30.4 Å². The molecule has 2 saturated heterocycles. The number of carbonyl (C=O) groups excluding carboxylic acids is 1. The van der Waals surface area contributed by atoms with E-state index in [1.165, 1.54) is 0 Å². The lowest BCUT2D eigenvalue weighted by Gasteiger charge is -2.36. The molecule has 2 fully saturated rings. The first-order valence-corrected chi connectivity index (χ1v) is 11.2. The fourth-order valence-corrected chi connectivity index (χ4v) is 4.93. The van der Waals surface area contributed by atoms with Gasteiger partial charge in [0.05, 0.1) is 21.3 Å². The Balaban J connectivity index is 1.35. The molecule has 0 spiro atoms. The number of carbonyl (C=O) groups is 1. The maximum Gasteiger partial charge on any atom is 0.255 e. The van der Waals surface area contributed by atoms with Crippen LogP contribution in [-0.2, 0) is 0 Å². The van der Waals surface area contributed by atoms with Gasteiger partial charge in [-0.2, -0.15) is 11.8 Å². The minimum absolute atomic E-state index is 0.00712. The first kappa shape index (κ1) is 19.7. The summed E-state index contributed by atoms with van der Waals surface area (Å²) in [4.78, 5) is 21.1. The zero-order valence-electron chi connectivity index (χ0n) is 15.3. The van der Waals surface area contributed by atoms with Crippen LogP contribution >= 0.6 is 35.0 Å². The zero-order valence-corrected chi connectivity index (χ0v) is 17.6. The molecule has 0 radical (unpaired) electrons. The van der Waals surface area contributed by atoms with Crippen molar-refractivity contribution in [2.75, 3.05) is 42.6 Å². The van der Waals surface area contributed by atoms with Gasteiger partial charge in [-0.1, -0.05) is 29.3 Å². The number of nitrogens with zero attached hydrogens (tertiary/aromatic N) is 3. The summed E-state index contributed by atoms with van der Waals surface area (Å²) in [5, 5.41) is 1.10. The summed E-state index contributed by atoms with van der Waals surface area (Å²) in [5.41, 5.74) is 1.50. The molecule has 0 aliphatic carbocycles. The highest BCUT2D eigenvalue weighted by molar-refractivity contribution is 7.99. The van der Waals surface area contributed by atoms with E-state index in [-0.39, 0.29) is 12.0 Å². The summed E-state index contributed by atoms with van der Waals surface area (Å²) >= 11 is 14.3. The molecule has 1 unspecified atom stereocenters. The number of aromatic nitrogens is 1. The van der Waals surface area contributed by atoms with Crippen molar-refractivity contribution in [2.24, 2.45) is 0 Å².